The molecular formula is C18H28N2O3S. The van der Waals surface area contributed by atoms with Gasteiger partial charge in [0.25, 0.3) is 0 Å². The largest absolute Gasteiger partial charge is 0.350 e. The molecule has 0 saturated heterocycles. The molecule has 0 saturated carbocycles. The average molecular weight is 353 g/mol. The lowest BCUT2D eigenvalue weighted by molar-refractivity contribution is -0.125. The lowest BCUT2D eigenvalue weighted by Crippen LogP contribution is -2.43. The third-order valence-electron chi connectivity index (χ3n) is 3.73. The Labute approximate surface area is 149 Å². The van der Waals surface area contributed by atoms with E-state index in [4.69, 9.17) is 4.18 Å². The van der Waals surface area contributed by atoms with Crippen molar-refractivity contribution in [2.24, 2.45) is 0 Å². The van der Waals surface area contributed by atoms with Gasteiger partial charge in [0.15, 0.2) is 0 Å². The molecule has 0 heterocycles. The Kier molecular flexibility index (Phi) is 11.0. The van der Waals surface area contributed by atoms with Crippen LogP contribution in [0.1, 0.15) is 43.7 Å². The van der Waals surface area contributed by atoms with Crippen LogP contribution in [0, 0.1) is 0 Å². The molecule has 0 fully saturated rings. The van der Waals surface area contributed by atoms with Crippen LogP contribution in [0.15, 0.2) is 24.3 Å². The standard InChI is InChI=1S/C18H28N2O3S/c1-3-4-7-17(20-14-21)18(22)19-13-16-10-8-15(9-11-16)6-5-12-23-24-2/h8-11,14,17H,3-7,12-13H2,1-2H3,(H,19,22)(H,20,21). The number of unbranched alkanes of at least 4 members (excludes halogenated alkanes) is 1. The molecule has 5 nitrogen and oxygen atoms in total. The van der Waals surface area contributed by atoms with Crippen LogP contribution in [0.25, 0.3) is 0 Å². The monoisotopic (exact) mass is 352 g/mol. The SMILES string of the molecule is CCCCC(NC=O)C(=O)NCc1ccc(CCCOSC)cc1. The van der Waals surface area contributed by atoms with Crippen LogP contribution in [-0.4, -0.2) is 31.2 Å². The number of hydrogen-bond donors (Lipinski definition) is 2. The molecule has 1 rings (SSSR count). The molecule has 0 bridgehead atoms. The number of benzene rings is 1. The Hall–Kier alpha value is -1.53. The van der Waals surface area contributed by atoms with Gasteiger partial charge >= 0.3 is 0 Å². The Bertz CT molecular complexity index is 480. The third kappa shape index (κ3) is 8.36. The zero-order valence-electron chi connectivity index (χ0n) is 14.5. The van der Waals surface area contributed by atoms with Crippen LogP contribution < -0.4 is 10.6 Å². The first kappa shape index (κ1) is 20.5. The van der Waals surface area contributed by atoms with Gasteiger partial charge in [0.1, 0.15) is 6.04 Å². The zero-order valence-corrected chi connectivity index (χ0v) is 15.4. The maximum atomic E-state index is 12.1. The number of carbonyl (C=O) groups is 2. The predicted octanol–water partition coefficient (Wildman–Crippen LogP) is 2.83. The van der Waals surface area contributed by atoms with Crippen molar-refractivity contribution in [2.75, 3.05) is 12.9 Å². The highest BCUT2D eigenvalue weighted by atomic mass is 32.2. The van der Waals surface area contributed by atoms with Crippen LogP contribution >= 0.6 is 12.0 Å². The van der Waals surface area contributed by atoms with Crippen LogP contribution in [-0.2, 0) is 26.7 Å². The smallest absolute Gasteiger partial charge is 0.242 e. The second kappa shape index (κ2) is 12.8. The molecule has 0 aliphatic rings. The first-order valence-corrected chi connectivity index (χ1v) is 9.57. The Morgan fingerprint density at radius 3 is 2.58 bits per heavy atom. The average Bonchev–Trinajstić information content (AvgIpc) is 2.61. The number of rotatable bonds is 13. The summed E-state index contributed by atoms with van der Waals surface area (Å²) in [6.07, 6.45) is 7.05. The molecule has 1 aromatic rings. The van der Waals surface area contributed by atoms with E-state index in [1.165, 1.54) is 17.6 Å². The Balaban J connectivity index is 2.39. The first-order chi connectivity index (χ1) is 11.7. The van der Waals surface area contributed by atoms with Gasteiger partial charge in [-0.25, -0.2) is 0 Å². The van der Waals surface area contributed by atoms with Gasteiger partial charge in [-0.05, 0) is 42.4 Å². The summed E-state index contributed by atoms with van der Waals surface area (Å²) in [5, 5.41) is 5.48. The highest BCUT2D eigenvalue weighted by molar-refractivity contribution is 7.93. The molecule has 0 aliphatic heterocycles. The molecule has 1 aromatic carbocycles. The molecule has 1 atom stereocenters. The Morgan fingerprint density at radius 1 is 1.25 bits per heavy atom. The van der Waals surface area contributed by atoms with Gasteiger partial charge in [-0.2, -0.15) is 0 Å². The summed E-state index contributed by atoms with van der Waals surface area (Å²) in [5.41, 5.74) is 2.31. The quantitative estimate of drug-likeness (QED) is 0.325. The molecule has 24 heavy (non-hydrogen) atoms. The summed E-state index contributed by atoms with van der Waals surface area (Å²) in [4.78, 5) is 22.8. The van der Waals surface area contributed by atoms with E-state index in [0.29, 0.717) is 19.4 Å². The van der Waals surface area contributed by atoms with Crippen molar-refractivity contribution >= 4 is 24.4 Å². The molecule has 0 spiro atoms. The fraction of sp³-hybridized carbons (Fsp3) is 0.556. The van der Waals surface area contributed by atoms with Crippen LogP contribution in [0.5, 0.6) is 0 Å². The van der Waals surface area contributed by atoms with Gasteiger partial charge in [-0.3, -0.25) is 9.59 Å². The zero-order chi connectivity index (χ0) is 17.6. The predicted molar refractivity (Wildman–Crippen MR) is 98.6 cm³/mol. The van der Waals surface area contributed by atoms with Crippen molar-refractivity contribution in [3.63, 3.8) is 0 Å². The molecule has 0 aliphatic carbocycles. The second-order valence-electron chi connectivity index (χ2n) is 5.61. The maximum Gasteiger partial charge on any atom is 0.242 e. The Morgan fingerprint density at radius 2 is 1.96 bits per heavy atom. The van der Waals surface area contributed by atoms with Crippen molar-refractivity contribution in [3.8, 4) is 0 Å². The van der Waals surface area contributed by atoms with Crippen molar-refractivity contribution < 1.29 is 13.8 Å². The summed E-state index contributed by atoms with van der Waals surface area (Å²) in [6.45, 7) is 3.28. The minimum atomic E-state index is -0.446. The fourth-order valence-corrected chi connectivity index (χ4v) is 2.62. The minimum absolute atomic E-state index is 0.131. The number of amides is 2. The van der Waals surface area contributed by atoms with E-state index in [2.05, 4.69) is 29.7 Å². The maximum absolute atomic E-state index is 12.1. The molecular weight excluding hydrogens is 324 g/mol. The van der Waals surface area contributed by atoms with Gasteiger partial charge in [0.05, 0.1) is 6.61 Å². The number of hydrogen-bond acceptors (Lipinski definition) is 4. The first-order valence-electron chi connectivity index (χ1n) is 8.42. The summed E-state index contributed by atoms with van der Waals surface area (Å²) in [5.74, 6) is -0.131. The van der Waals surface area contributed by atoms with Gasteiger partial charge in [-0.1, -0.05) is 44.0 Å². The van der Waals surface area contributed by atoms with E-state index in [1.807, 2.05) is 18.4 Å². The minimum Gasteiger partial charge on any atom is -0.350 e. The van der Waals surface area contributed by atoms with Crippen LogP contribution in [0.4, 0.5) is 0 Å². The summed E-state index contributed by atoms with van der Waals surface area (Å²) in [6, 6.07) is 7.77. The highest BCUT2D eigenvalue weighted by Crippen LogP contribution is 2.08. The topological polar surface area (TPSA) is 67.4 Å². The van der Waals surface area contributed by atoms with E-state index >= 15 is 0 Å². The van der Waals surface area contributed by atoms with E-state index in [-0.39, 0.29) is 5.91 Å². The molecule has 1 unspecified atom stereocenters. The van der Waals surface area contributed by atoms with Crippen molar-refractivity contribution in [1.29, 1.82) is 0 Å². The summed E-state index contributed by atoms with van der Waals surface area (Å²) >= 11 is 1.39. The van der Waals surface area contributed by atoms with Gasteiger partial charge < -0.3 is 14.8 Å². The second-order valence-corrected chi connectivity index (χ2v) is 6.17. The molecule has 0 aromatic heterocycles. The molecule has 0 radical (unpaired) electrons. The third-order valence-corrected chi connectivity index (χ3v) is 4.14. The lowest BCUT2D eigenvalue weighted by Gasteiger charge is -2.15. The van der Waals surface area contributed by atoms with E-state index in [1.54, 1.807) is 0 Å². The molecule has 134 valence electrons. The van der Waals surface area contributed by atoms with Crippen LogP contribution in [0.2, 0.25) is 0 Å². The van der Waals surface area contributed by atoms with Gasteiger partial charge in [0, 0.05) is 12.8 Å². The van der Waals surface area contributed by atoms with Crippen molar-refractivity contribution in [1.82, 2.24) is 10.6 Å². The molecule has 6 heteroatoms. The van der Waals surface area contributed by atoms with E-state index in [9.17, 15) is 9.59 Å². The van der Waals surface area contributed by atoms with E-state index < -0.39 is 6.04 Å². The van der Waals surface area contributed by atoms with Gasteiger partial charge in [0.2, 0.25) is 12.3 Å². The normalized spacial score (nSPS) is 11.8. The fourth-order valence-electron chi connectivity index (χ4n) is 2.34. The summed E-state index contributed by atoms with van der Waals surface area (Å²) in [7, 11) is 0. The number of carbonyl (C=O) groups excluding carboxylic acids is 2. The van der Waals surface area contributed by atoms with Gasteiger partial charge in [-0.15, -0.1) is 0 Å². The highest BCUT2D eigenvalue weighted by Gasteiger charge is 2.16. The number of aryl methyl sites for hydroxylation is 1. The lowest BCUT2D eigenvalue weighted by atomic mass is 10.1. The van der Waals surface area contributed by atoms with Crippen molar-refractivity contribution in [2.45, 2.75) is 51.6 Å². The molecule has 2 N–H and O–H groups in total. The van der Waals surface area contributed by atoms with Crippen molar-refractivity contribution in [3.05, 3.63) is 35.4 Å². The van der Waals surface area contributed by atoms with Crippen LogP contribution in [0.3, 0.4) is 0 Å². The van der Waals surface area contributed by atoms with E-state index in [0.717, 1.165) is 37.9 Å². The molecule has 2 amide bonds. The number of nitrogens with one attached hydrogen (secondary N) is 2. The summed E-state index contributed by atoms with van der Waals surface area (Å²) < 4.78 is 5.25.